The summed E-state index contributed by atoms with van der Waals surface area (Å²) in [5.41, 5.74) is 1.15. The molecule has 18 heavy (non-hydrogen) atoms. The Morgan fingerprint density at radius 1 is 1.50 bits per heavy atom. The first kappa shape index (κ1) is 13.3. The number of halogens is 1. The highest BCUT2D eigenvalue weighted by molar-refractivity contribution is 9.10. The molecule has 5 nitrogen and oxygen atoms in total. The van der Waals surface area contributed by atoms with Gasteiger partial charge < -0.3 is 9.80 Å². The molecule has 1 fully saturated rings. The van der Waals surface area contributed by atoms with Crippen LogP contribution in [0.3, 0.4) is 0 Å². The second-order valence-corrected chi connectivity index (χ2v) is 5.60. The number of nitrogens with zero attached hydrogens (tertiary/aromatic N) is 3. The minimum atomic E-state index is -0.375. The summed E-state index contributed by atoms with van der Waals surface area (Å²) >= 11 is 3.26. The zero-order chi connectivity index (χ0) is 13.3. The number of hydrogen-bond donors (Lipinski definition) is 0. The van der Waals surface area contributed by atoms with Crippen molar-refractivity contribution >= 4 is 27.3 Å². The van der Waals surface area contributed by atoms with E-state index in [1.54, 1.807) is 6.07 Å². The first-order valence-corrected chi connectivity index (χ1v) is 6.63. The third-order valence-corrected chi connectivity index (χ3v) is 4.02. The highest BCUT2D eigenvalue weighted by Crippen LogP contribution is 2.31. The molecule has 0 N–H and O–H groups in total. The van der Waals surface area contributed by atoms with Crippen LogP contribution in [0.2, 0.25) is 0 Å². The Labute approximate surface area is 115 Å². The Kier molecular flexibility index (Phi) is 3.87. The van der Waals surface area contributed by atoms with E-state index in [0.717, 1.165) is 25.2 Å². The van der Waals surface area contributed by atoms with Crippen LogP contribution >= 0.6 is 15.9 Å². The predicted octanol–water partition coefficient (Wildman–Crippen LogP) is 2.50. The second-order valence-electron chi connectivity index (χ2n) is 4.74. The SMILES string of the molecule is CN(C)[C@H]1CCN(c2ccc([N+](=O)[O-])c(Br)c2)C1. The molecule has 1 aromatic carbocycles. The van der Waals surface area contributed by atoms with Gasteiger partial charge in [-0.05, 0) is 48.6 Å². The van der Waals surface area contributed by atoms with Gasteiger partial charge in [0.2, 0.25) is 0 Å². The van der Waals surface area contributed by atoms with E-state index in [1.807, 2.05) is 12.1 Å². The van der Waals surface area contributed by atoms with Crippen LogP contribution in [0.4, 0.5) is 11.4 Å². The Bertz CT molecular complexity index is 465. The van der Waals surface area contributed by atoms with E-state index in [9.17, 15) is 10.1 Å². The van der Waals surface area contributed by atoms with E-state index in [-0.39, 0.29) is 10.6 Å². The third-order valence-electron chi connectivity index (χ3n) is 3.39. The first-order valence-electron chi connectivity index (χ1n) is 5.84. The van der Waals surface area contributed by atoms with Crippen LogP contribution in [0.5, 0.6) is 0 Å². The Hall–Kier alpha value is -1.14. The molecule has 1 saturated heterocycles. The zero-order valence-corrected chi connectivity index (χ0v) is 12.1. The largest absolute Gasteiger partial charge is 0.370 e. The molecule has 98 valence electrons. The van der Waals surface area contributed by atoms with Gasteiger partial charge in [-0.3, -0.25) is 10.1 Å². The molecule has 1 atom stereocenters. The monoisotopic (exact) mass is 313 g/mol. The van der Waals surface area contributed by atoms with Crippen molar-refractivity contribution in [1.82, 2.24) is 4.90 Å². The molecule has 6 heteroatoms. The van der Waals surface area contributed by atoms with Crippen molar-refractivity contribution < 1.29 is 4.92 Å². The summed E-state index contributed by atoms with van der Waals surface area (Å²) in [5, 5.41) is 10.8. The van der Waals surface area contributed by atoms with Gasteiger partial charge in [0.25, 0.3) is 5.69 Å². The molecule has 1 heterocycles. The van der Waals surface area contributed by atoms with E-state index in [0.29, 0.717) is 10.5 Å². The first-order chi connectivity index (χ1) is 8.49. The molecule has 1 aliphatic rings. The highest BCUT2D eigenvalue weighted by atomic mass is 79.9. The van der Waals surface area contributed by atoms with Gasteiger partial charge in [-0.2, -0.15) is 0 Å². The summed E-state index contributed by atoms with van der Waals surface area (Å²) in [4.78, 5) is 14.9. The second kappa shape index (κ2) is 5.24. The molecule has 0 bridgehead atoms. The molecule has 0 amide bonds. The summed E-state index contributed by atoms with van der Waals surface area (Å²) in [6.45, 7) is 1.96. The summed E-state index contributed by atoms with van der Waals surface area (Å²) in [7, 11) is 4.17. The van der Waals surface area contributed by atoms with Gasteiger partial charge >= 0.3 is 0 Å². The van der Waals surface area contributed by atoms with Gasteiger partial charge in [-0.15, -0.1) is 0 Å². The standard InChI is InChI=1S/C12H16BrN3O2/c1-14(2)10-5-6-15(8-10)9-3-4-12(16(17)18)11(13)7-9/h3-4,7,10H,5-6,8H2,1-2H3/t10-/m0/s1. The minimum Gasteiger partial charge on any atom is -0.370 e. The maximum absolute atomic E-state index is 10.8. The van der Waals surface area contributed by atoms with E-state index < -0.39 is 0 Å². The average molecular weight is 314 g/mol. The predicted molar refractivity (Wildman–Crippen MR) is 75.1 cm³/mol. The van der Waals surface area contributed by atoms with E-state index >= 15 is 0 Å². The number of benzene rings is 1. The molecule has 1 aliphatic heterocycles. The number of rotatable bonds is 3. The fourth-order valence-electron chi connectivity index (χ4n) is 2.24. The fourth-order valence-corrected chi connectivity index (χ4v) is 2.75. The number of nitro groups is 1. The Morgan fingerprint density at radius 2 is 2.22 bits per heavy atom. The molecule has 0 unspecified atom stereocenters. The van der Waals surface area contributed by atoms with E-state index in [4.69, 9.17) is 0 Å². The fraction of sp³-hybridized carbons (Fsp3) is 0.500. The minimum absolute atomic E-state index is 0.113. The molecule has 0 aliphatic carbocycles. The van der Waals surface area contributed by atoms with Crippen molar-refractivity contribution in [3.05, 3.63) is 32.8 Å². The number of hydrogen-bond acceptors (Lipinski definition) is 4. The van der Waals surface area contributed by atoms with Gasteiger partial charge in [0, 0.05) is 30.9 Å². The van der Waals surface area contributed by atoms with Crippen LogP contribution in [0.15, 0.2) is 22.7 Å². The average Bonchev–Trinajstić information content (AvgIpc) is 2.77. The van der Waals surface area contributed by atoms with Gasteiger partial charge in [0.05, 0.1) is 9.40 Å². The topological polar surface area (TPSA) is 49.6 Å². The van der Waals surface area contributed by atoms with Crippen LogP contribution in [0, 0.1) is 10.1 Å². The lowest BCUT2D eigenvalue weighted by Crippen LogP contribution is -2.31. The summed E-state index contributed by atoms with van der Waals surface area (Å²) in [6.07, 6.45) is 1.13. The van der Waals surface area contributed by atoms with Crippen LogP contribution in [-0.4, -0.2) is 43.0 Å². The molecular formula is C12H16BrN3O2. The molecule has 0 radical (unpaired) electrons. The number of nitro benzene ring substituents is 1. The smallest absolute Gasteiger partial charge is 0.283 e. The molecule has 1 aromatic rings. The van der Waals surface area contributed by atoms with E-state index in [1.165, 1.54) is 0 Å². The molecule has 0 saturated carbocycles. The van der Waals surface area contributed by atoms with Crippen molar-refractivity contribution in [2.75, 3.05) is 32.1 Å². The number of anilines is 1. The molecule has 0 aromatic heterocycles. The quantitative estimate of drug-likeness (QED) is 0.635. The van der Waals surface area contributed by atoms with Crippen molar-refractivity contribution in [2.24, 2.45) is 0 Å². The summed E-state index contributed by atoms with van der Waals surface area (Å²) in [5.74, 6) is 0. The maximum atomic E-state index is 10.8. The lowest BCUT2D eigenvalue weighted by Gasteiger charge is -2.21. The van der Waals surface area contributed by atoms with Crippen LogP contribution in [0.1, 0.15) is 6.42 Å². The molecule has 0 spiro atoms. The normalized spacial score (nSPS) is 19.6. The van der Waals surface area contributed by atoms with Crippen molar-refractivity contribution in [1.29, 1.82) is 0 Å². The van der Waals surface area contributed by atoms with Crippen LogP contribution in [0.25, 0.3) is 0 Å². The van der Waals surface area contributed by atoms with Gasteiger partial charge in [-0.25, -0.2) is 0 Å². The lowest BCUT2D eigenvalue weighted by molar-refractivity contribution is -0.385. The van der Waals surface area contributed by atoms with Crippen molar-refractivity contribution in [3.8, 4) is 0 Å². The van der Waals surface area contributed by atoms with Crippen LogP contribution in [-0.2, 0) is 0 Å². The maximum Gasteiger partial charge on any atom is 0.283 e. The summed E-state index contributed by atoms with van der Waals surface area (Å²) < 4.78 is 0.540. The highest BCUT2D eigenvalue weighted by Gasteiger charge is 2.25. The lowest BCUT2D eigenvalue weighted by atomic mass is 10.2. The Morgan fingerprint density at radius 3 is 2.72 bits per heavy atom. The van der Waals surface area contributed by atoms with Crippen molar-refractivity contribution in [2.45, 2.75) is 12.5 Å². The Balaban J connectivity index is 2.16. The van der Waals surface area contributed by atoms with E-state index in [2.05, 4.69) is 39.8 Å². The molecular weight excluding hydrogens is 298 g/mol. The third kappa shape index (κ3) is 2.64. The molecule has 2 rings (SSSR count). The zero-order valence-electron chi connectivity index (χ0n) is 10.5. The van der Waals surface area contributed by atoms with Gasteiger partial charge in [0.15, 0.2) is 0 Å². The van der Waals surface area contributed by atoms with Crippen molar-refractivity contribution in [3.63, 3.8) is 0 Å². The number of likely N-dealkylation sites (N-methyl/N-ethyl adjacent to an activating group) is 1. The van der Waals surface area contributed by atoms with Crippen LogP contribution < -0.4 is 4.90 Å². The van der Waals surface area contributed by atoms with Gasteiger partial charge in [-0.1, -0.05) is 0 Å². The summed E-state index contributed by atoms with van der Waals surface area (Å²) in [6, 6.07) is 5.76. The van der Waals surface area contributed by atoms with Gasteiger partial charge in [0.1, 0.15) is 0 Å².